The van der Waals surface area contributed by atoms with E-state index in [0.717, 1.165) is 0 Å². The normalized spacial score (nSPS) is 13.6. The summed E-state index contributed by atoms with van der Waals surface area (Å²) in [6.45, 7) is 15.0. The Morgan fingerprint density at radius 1 is 0.696 bits per heavy atom. The van der Waals surface area contributed by atoms with Crippen molar-refractivity contribution in [1.29, 1.82) is 0 Å². The van der Waals surface area contributed by atoms with E-state index in [1.165, 1.54) is 57.4 Å². The SMILES string of the molecule is CCCCCCCCCC[SiH2]OC(O[Si](C)(C)C)O[Si](C)(C)C. The Kier molecular flexibility index (Phi) is 13.1. The first-order valence-electron chi connectivity index (χ1n) is 9.61. The molecule has 0 rings (SSSR count). The van der Waals surface area contributed by atoms with E-state index in [4.69, 9.17) is 13.3 Å². The summed E-state index contributed by atoms with van der Waals surface area (Å²) in [5.41, 5.74) is 0. The molecule has 23 heavy (non-hydrogen) atoms. The van der Waals surface area contributed by atoms with Gasteiger partial charge in [0.25, 0.3) is 0 Å². The van der Waals surface area contributed by atoms with Gasteiger partial charge in [0.1, 0.15) is 0 Å². The molecule has 0 radical (unpaired) electrons. The van der Waals surface area contributed by atoms with Crippen molar-refractivity contribution in [3.05, 3.63) is 0 Å². The summed E-state index contributed by atoms with van der Waals surface area (Å²) in [6, 6.07) is 1.25. The Bertz CT molecular complexity index is 259. The smallest absolute Gasteiger partial charge is 0.242 e. The molecule has 0 aromatic heterocycles. The lowest BCUT2D eigenvalue weighted by atomic mass is 10.1. The molecule has 140 valence electrons. The minimum Gasteiger partial charge on any atom is -0.380 e. The van der Waals surface area contributed by atoms with Gasteiger partial charge in [-0.3, -0.25) is 0 Å². The first kappa shape index (κ1) is 23.5. The van der Waals surface area contributed by atoms with Gasteiger partial charge in [0.05, 0.1) is 0 Å². The van der Waals surface area contributed by atoms with Gasteiger partial charge in [-0.15, -0.1) is 0 Å². The highest BCUT2D eigenvalue weighted by molar-refractivity contribution is 6.70. The van der Waals surface area contributed by atoms with Gasteiger partial charge in [0.15, 0.2) is 26.4 Å². The second kappa shape index (κ2) is 12.8. The lowest BCUT2D eigenvalue weighted by Crippen LogP contribution is -2.41. The van der Waals surface area contributed by atoms with Gasteiger partial charge in [0.2, 0.25) is 6.48 Å². The fraction of sp³-hybridized carbons (Fsp3) is 1.00. The van der Waals surface area contributed by atoms with Crippen molar-refractivity contribution in [2.45, 2.75) is 110 Å². The van der Waals surface area contributed by atoms with Gasteiger partial charge in [-0.25, -0.2) is 0 Å². The van der Waals surface area contributed by atoms with Crippen LogP contribution >= 0.6 is 0 Å². The van der Waals surface area contributed by atoms with Gasteiger partial charge < -0.3 is 13.3 Å². The maximum Gasteiger partial charge on any atom is 0.242 e. The Hall–Kier alpha value is 0.531. The average molecular weight is 379 g/mol. The molecule has 0 bridgehead atoms. The molecule has 0 aliphatic rings. The highest BCUT2D eigenvalue weighted by Crippen LogP contribution is 2.16. The van der Waals surface area contributed by atoms with Crippen molar-refractivity contribution in [1.82, 2.24) is 0 Å². The lowest BCUT2D eigenvalue weighted by molar-refractivity contribution is -0.152. The van der Waals surface area contributed by atoms with Crippen LogP contribution in [0.3, 0.4) is 0 Å². The van der Waals surface area contributed by atoms with Crippen molar-refractivity contribution in [3.63, 3.8) is 0 Å². The molecule has 0 amide bonds. The molecule has 0 N–H and O–H groups in total. The van der Waals surface area contributed by atoms with E-state index >= 15 is 0 Å². The molecule has 0 saturated heterocycles. The summed E-state index contributed by atoms with van der Waals surface area (Å²) in [6.07, 6.45) is 11.0. The monoisotopic (exact) mass is 378 g/mol. The van der Waals surface area contributed by atoms with Crippen molar-refractivity contribution in [2.75, 3.05) is 0 Å². The maximum atomic E-state index is 6.06. The molecule has 0 unspecified atom stereocenters. The molecule has 0 atom stereocenters. The molecule has 0 spiro atoms. The largest absolute Gasteiger partial charge is 0.380 e. The van der Waals surface area contributed by atoms with Crippen LogP contribution in [0.1, 0.15) is 58.3 Å². The van der Waals surface area contributed by atoms with Crippen LogP contribution in [0, 0.1) is 0 Å². The van der Waals surface area contributed by atoms with Crippen molar-refractivity contribution < 1.29 is 13.3 Å². The van der Waals surface area contributed by atoms with Crippen molar-refractivity contribution in [3.8, 4) is 0 Å². The quantitative estimate of drug-likeness (QED) is 0.210. The summed E-state index contributed by atoms with van der Waals surface area (Å²) in [5.74, 6) is 0. The second-order valence-corrected chi connectivity index (χ2v) is 18.8. The van der Waals surface area contributed by atoms with E-state index in [0.29, 0.717) is 0 Å². The maximum absolute atomic E-state index is 6.06. The van der Waals surface area contributed by atoms with Crippen LogP contribution in [-0.4, -0.2) is 32.9 Å². The Morgan fingerprint density at radius 3 is 1.57 bits per heavy atom. The zero-order chi connectivity index (χ0) is 17.8. The third-order valence-corrected chi connectivity index (χ3v) is 6.50. The third kappa shape index (κ3) is 18.7. The zero-order valence-corrected chi connectivity index (χ0v) is 20.3. The molecule has 0 saturated carbocycles. The molecule has 0 aromatic rings. The van der Waals surface area contributed by atoms with Gasteiger partial charge >= 0.3 is 0 Å². The van der Waals surface area contributed by atoms with Crippen LogP contribution in [0.25, 0.3) is 0 Å². The lowest BCUT2D eigenvalue weighted by Gasteiger charge is -2.31. The summed E-state index contributed by atoms with van der Waals surface area (Å²) < 4.78 is 18.1. The predicted octanol–water partition coefficient (Wildman–Crippen LogP) is 5.63. The predicted molar refractivity (Wildman–Crippen MR) is 110 cm³/mol. The minimum absolute atomic E-state index is 0.394. The molecular weight excluding hydrogens is 336 g/mol. The fourth-order valence-electron chi connectivity index (χ4n) is 2.26. The molecule has 0 aromatic carbocycles. The van der Waals surface area contributed by atoms with E-state index in [1.54, 1.807) is 0 Å². The van der Waals surface area contributed by atoms with E-state index < -0.39 is 32.9 Å². The van der Waals surface area contributed by atoms with Crippen LogP contribution in [0.4, 0.5) is 0 Å². The van der Waals surface area contributed by atoms with Crippen LogP contribution in [0.5, 0.6) is 0 Å². The van der Waals surface area contributed by atoms with Crippen molar-refractivity contribution in [2.24, 2.45) is 0 Å². The number of rotatable bonds is 15. The van der Waals surface area contributed by atoms with Gasteiger partial charge in [0, 0.05) is 0 Å². The first-order chi connectivity index (χ1) is 10.6. The van der Waals surface area contributed by atoms with E-state index in [1.807, 2.05) is 0 Å². The summed E-state index contributed by atoms with van der Waals surface area (Å²) in [4.78, 5) is 0. The molecule has 0 aliphatic heterocycles. The van der Waals surface area contributed by atoms with E-state index in [-0.39, 0.29) is 0 Å². The minimum atomic E-state index is -1.62. The zero-order valence-electron chi connectivity index (χ0n) is 16.9. The highest BCUT2D eigenvalue weighted by Gasteiger charge is 2.27. The standard InChI is InChI=1S/C17H42O3Si3/c1-8-9-10-11-12-13-14-15-16-21-18-17(19-22(2,3)4)20-23(5,6)7/h17H,8-16,21H2,1-7H3. The summed E-state index contributed by atoms with van der Waals surface area (Å²) in [7, 11) is -3.77. The van der Waals surface area contributed by atoms with E-state index in [9.17, 15) is 0 Å². The van der Waals surface area contributed by atoms with Crippen molar-refractivity contribution >= 4 is 26.4 Å². The highest BCUT2D eigenvalue weighted by atomic mass is 28.4. The number of hydrogen-bond acceptors (Lipinski definition) is 3. The average Bonchev–Trinajstić information content (AvgIpc) is 2.37. The molecule has 3 nitrogen and oxygen atoms in total. The molecule has 0 heterocycles. The number of hydrogen-bond donors (Lipinski definition) is 0. The second-order valence-electron chi connectivity index (χ2n) is 8.45. The van der Waals surface area contributed by atoms with Crippen LogP contribution < -0.4 is 0 Å². The summed E-state index contributed by atoms with van der Waals surface area (Å²) >= 11 is 0. The topological polar surface area (TPSA) is 27.7 Å². The molecule has 6 heteroatoms. The first-order valence-corrected chi connectivity index (χ1v) is 18.0. The third-order valence-electron chi connectivity index (χ3n) is 3.40. The van der Waals surface area contributed by atoms with Gasteiger partial charge in [-0.1, -0.05) is 58.3 Å². The van der Waals surface area contributed by atoms with Gasteiger partial charge in [-0.05, 0) is 45.3 Å². The van der Waals surface area contributed by atoms with Crippen LogP contribution in [-0.2, 0) is 13.3 Å². The van der Waals surface area contributed by atoms with Gasteiger partial charge in [-0.2, -0.15) is 0 Å². The Balaban J connectivity index is 3.74. The molecular formula is C17H42O3Si3. The molecule has 0 fully saturated rings. The molecule has 0 aliphatic carbocycles. The summed E-state index contributed by atoms with van der Waals surface area (Å²) in [5, 5.41) is 0. The van der Waals surface area contributed by atoms with E-state index in [2.05, 4.69) is 46.2 Å². The number of unbranched alkanes of at least 4 members (excludes halogenated alkanes) is 7. The Labute approximate surface area is 150 Å². The van der Waals surface area contributed by atoms with Crippen LogP contribution in [0.2, 0.25) is 45.3 Å². The Morgan fingerprint density at radius 2 is 1.13 bits per heavy atom. The fourth-order valence-corrected chi connectivity index (χ4v) is 5.07. The van der Waals surface area contributed by atoms with Crippen LogP contribution in [0.15, 0.2) is 0 Å².